The third-order valence-electron chi connectivity index (χ3n) is 3.98. The number of benzene rings is 1. The second-order valence-electron chi connectivity index (χ2n) is 5.23. The Morgan fingerprint density at radius 1 is 1.42 bits per heavy atom. The smallest absolute Gasteiger partial charge is 0.336 e. The first-order valence-corrected chi connectivity index (χ1v) is 6.84. The zero-order chi connectivity index (χ0) is 13.8. The number of nitrogens with zero attached hydrogens (tertiary/aromatic N) is 1. The van der Waals surface area contributed by atoms with E-state index in [0.717, 1.165) is 25.1 Å². The van der Waals surface area contributed by atoms with Gasteiger partial charge in [-0.25, -0.2) is 9.18 Å². The van der Waals surface area contributed by atoms with E-state index in [-0.39, 0.29) is 5.56 Å². The molecule has 3 nitrogen and oxygen atoms in total. The van der Waals surface area contributed by atoms with Crippen LogP contribution in [0.15, 0.2) is 18.2 Å². The molecule has 19 heavy (non-hydrogen) atoms. The monoisotopic (exact) mass is 265 g/mol. The fraction of sp³-hybridized carbons (Fsp3) is 0.533. The number of carboxylic acids is 1. The van der Waals surface area contributed by atoms with Gasteiger partial charge >= 0.3 is 5.97 Å². The maximum atomic E-state index is 13.1. The Morgan fingerprint density at radius 2 is 2.11 bits per heavy atom. The molecular weight excluding hydrogens is 245 g/mol. The molecule has 0 radical (unpaired) electrons. The van der Waals surface area contributed by atoms with Gasteiger partial charge in [0.1, 0.15) is 5.82 Å². The molecule has 1 fully saturated rings. The summed E-state index contributed by atoms with van der Waals surface area (Å²) in [6.45, 7) is 4.80. The second kappa shape index (κ2) is 6.15. The van der Waals surface area contributed by atoms with Crippen LogP contribution in [0.5, 0.6) is 0 Å². The molecule has 0 unspecified atom stereocenters. The lowest BCUT2D eigenvalue weighted by Crippen LogP contribution is -2.33. The van der Waals surface area contributed by atoms with Crippen LogP contribution in [0, 0.1) is 11.7 Å². The van der Waals surface area contributed by atoms with Crippen molar-refractivity contribution in [2.45, 2.75) is 32.7 Å². The Kier molecular flexibility index (Phi) is 4.53. The molecule has 0 spiro atoms. The van der Waals surface area contributed by atoms with Gasteiger partial charge in [0.05, 0.1) is 5.56 Å². The van der Waals surface area contributed by atoms with Gasteiger partial charge in [-0.3, -0.25) is 4.90 Å². The van der Waals surface area contributed by atoms with E-state index in [1.54, 1.807) is 6.07 Å². The maximum Gasteiger partial charge on any atom is 0.336 e. The molecule has 0 amide bonds. The summed E-state index contributed by atoms with van der Waals surface area (Å²) in [5.41, 5.74) is 0.779. The van der Waals surface area contributed by atoms with Gasteiger partial charge in [0.25, 0.3) is 0 Å². The topological polar surface area (TPSA) is 40.5 Å². The summed E-state index contributed by atoms with van der Waals surface area (Å²) in [4.78, 5) is 13.4. The number of hydrogen-bond donors (Lipinski definition) is 1. The van der Waals surface area contributed by atoms with E-state index < -0.39 is 11.8 Å². The highest BCUT2D eigenvalue weighted by molar-refractivity contribution is 5.89. The number of carboxylic acid groups (broad SMARTS) is 1. The SMILES string of the molecule is CCC1CCN(Cc2ccc(F)cc2C(=O)O)CC1. The first kappa shape index (κ1) is 14.0. The van der Waals surface area contributed by atoms with E-state index >= 15 is 0 Å². The molecule has 0 bridgehead atoms. The van der Waals surface area contributed by atoms with Gasteiger partial charge in [-0.05, 0) is 49.5 Å². The average molecular weight is 265 g/mol. The van der Waals surface area contributed by atoms with Crippen molar-refractivity contribution in [1.82, 2.24) is 4.90 Å². The number of rotatable bonds is 4. The summed E-state index contributed by atoms with van der Waals surface area (Å²) in [6, 6.07) is 4.03. The fourth-order valence-electron chi connectivity index (χ4n) is 2.68. The van der Waals surface area contributed by atoms with Gasteiger partial charge in [-0.2, -0.15) is 0 Å². The van der Waals surface area contributed by atoms with E-state index in [2.05, 4.69) is 11.8 Å². The Morgan fingerprint density at radius 3 is 2.68 bits per heavy atom. The molecule has 1 N–H and O–H groups in total. The van der Waals surface area contributed by atoms with Gasteiger partial charge in [-0.1, -0.05) is 19.4 Å². The maximum absolute atomic E-state index is 13.1. The van der Waals surface area contributed by atoms with Crippen LogP contribution in [0.1, 0.15) is 42.1 Å². The summed E-state index contributed by atoms with van der Waals surface area (Å²) in [5, 5.41) is 9.11. The molecule has 1 aromatic carbocycles. The first-order valence-electron chi connectivity index (χ1n) is 6.84. The Labute approximate surface area is 113 Å². The van der Waals surface area contributed by atoms with Crippen LogP contribution in [-0.2, 0) is 6.54 Å². The van der Waals surface area contributed by atoms with Crippen LogP contribution < -0.4 is 0 Å². The highest BCUT2D eigenvalue weighted by Gasteiger charge is 2.20. The van der Waals surface area contributed by atoms with Crippen molar-refractivity contribution < 1.29 is 14.3 Å². The lowest BCUT2D eigenvalue weighted by Gasteiger charge is -2.31. The van der Waals surface area contributed by atoms with Crippen molar-refractivity contribution in [1.29, 1.82) is 0 Å². The number of likely N-dealkylation sites (tertiary alicyclic amines) is 1. The molecule has 2 rings (SSSR count). The summed E-state index contributed by atoms with van der Waals surface area (Å²) in [6.07, 6.45) is 3.55. The van der Waals surface area contributed by atoms with E-state index in [0.29, 0.717) is 12.1 Å². The molecule has 104 valence electrons. The molecule has 0 saturated carbocycles. The highest BCUT2D eigenvalue weighted by atomic mass is 19.1. The fourth-order valence-corrected chi connectivity index (χ4v) is 2.68. The van der Waals surface area contributed by atoms with Crippen molar-refractivity contribution >= 4 is 5.97 Å². The molecular formula is C15H20FNO2. The van der Waals surface area contributed by atoms with Crippen molar-refractivity contribution in [3.63, 3.8) is 0 Å². The van der Waals surface area contributed by atoms with Crippen LogP contribution in [-0.4, -0.2) is 29.1 Å². The summed E-state index contributed by atoms with van der Waals surface area (Å²) < 4.78 is 13.1. The van der Waals surface area contributed by atoms with Gasteiger partial charge < -0.3 is 5.11 Å². The average Bonchev–Trinajstić information content (AvgIpc) is 2.41. The van der Waals surface area contributed by atoms with Crippen LogP contribution in [0.25, 0.3) is 0 Å². The van der Waals surface area contributed by atoms with Crippen molar-refractivity contribution in [2.75, 3.05) is 13.1 Å². The largest absolute Gasteiger partial charge is 0.478 e. The lowest BCUT2D eigenvalue weighted by molar-refractivity contribution is 0.0693. The number of piperidine rings is 1. The molecule has 1 aliphatic rings. The number of carbonyl (C=O) groups is 1. The van der Waals surface area contributed by atoms with Crippen molar-refractivity contribution in [3.8, 4) is 0 Å². The van der Waals surface area contributed by atoms with Gasteiger partial charge in [0.15, 0.2) is 0 Å². The number of aromatic carboxylic acids is 1. The summed E-state index contributed by atoms with van der Waals surface area (Å²) >= 11 is 0. The lowest BCUT2D eigenvalue weighted by atomic mass is 9.94. The third kappa shape index (κ3) is 3.53. The van der Waals surface area contributed by atoms with Gasteiger partial charge in [-0.15, -0.1) is 0 Å². The highest BCUT2D eigenvalue weighted by Crippen LogP contribution is 2.22. The predicted molar refractivity (Wildman–Crippen MR) is 71.7 cm³/mol. The quantitative estimate of drug-likeness (QED) is 0.909. The molecule has 1 aliphatic heterocycles. The molecule has 4 heteroatoms. The van der Waals surface area contributed by atoms with Crippen molar-refractivity contribution in [2.24, 2.45) is 5.92 Å². The molecule has 0 atom stereocenters. The standard InChI is InChI=1S/C15H20FNO2/c1-2-11-5-7-17(8-6-11)10-12-3-4-13(16)9-14(12)15(18)19/h3-4,9,11H,2,5-8,10H2,1H3,(H,18,19). The van der Waals surface area contributed by atoms with Crippen LogP contribution >= 0.6 is 0 Å². The normalized spacial score (nSPS) is 17.6. The predicted octanol–water partition coefficient (Wildman–Crippen LogP) is 3.15. The Hall–Kier alpha value is -1.42. The number of halogens is 1. The zero-order valence-electron chi connectivity index (χ0n) is 11.2. The second-order valence-corrected chi connectivity index (χ2v) is 5.23. The van der Waals surface area contributed by atoms with Crippen LogP contribution in [0.4, 0.5) is 4.39 Å². The minimum Gasteiger partial charge on any atom is -0.478 e. The number of hydrogen-bond acceptors (Lipinski definition) is 2. The zero-order valence-corrected chi connectivity index (χ0v) is 11.2. The van der Waals surface area contributed by atoms with Crippen molar-refractivity contribution in [3.05, 3.63) is 35.1 Å². The summed E-state index contributed by atoms with van der Waals surface area (Å²) in [7, 11) is 0. The first-order chi connectivity index (χ1) is 9.10. The van der Waals surface area contributed by atoms with Crippen LogP contribution in [0.3, 0.4) is 0 Å². The van der Waals surface area contributed by atoms with E-state index in [1.807, 2.05) is 0 Å². The minimum atomic E-state index is -1.06. The summed E-state index contributed by atoms with van der Waals surface area (Å²) in [5.74, 6) is -0.757. The van der Waals surface area contributed by atoms with Gasteiger partial charge in [0, 0.05) is 6.54 Å². The van der Waals surface area contributed by atoms with E-state index in [1.165, 1.54) is 25.3 Å². The van der Waals surface area contributed by atoms with E-state index in [9.17, 15) is 9.18 Å². The molecule has 1 aromatic rings. The van der Waals surface area contributed by atoms with E-state index in [4.69, 9.17) is 5.11 Å². The molecule has 0 aromatic heterocycles. The van der Waals surface area contributed by atoms with Gasteiger partial charge in [0.2, 0.25) is 0 Å². The minimum absolute atomic E-state index is 0.0811. The van der Waals surface area contributed by atoms with Crippen LogP contribution in [0.2, 0.25) is 0 Å². The molecule has 0 aliphatic carbocycles. The third-order valence-corrected chi connectivity index (χ3v) is 3.98. The molecule has 1 saturated heterocycles. The Bertz CT molecular complexity index is 453. The molecule has 1 heterocycles. The Balaban J connectivity index is 2.05.